The van der Waals surface area contributed by atoms with Gasteiger partial charge in [-0.3, -0.25) is 4.90 Å². The van der Waals surface area contributed by atoms with Crippen molar-refractivity contribution in [1.82, 2.24) is 30.3 Å². The largest absolute Gasteiger partial charge is 0.354 e. The molecule has 2 N–H and O–H groups in total. The van der Waals surface area contributed by atoms with Gasteiger partial charge in [0.2, 0.25) is 0 Å². The van der Waals surface area contributed by atoms with Crippen LogP contribution >= 0.6 is 0 Å². The number of nitrogens with zero attached hydrogens (tertiary/aromatic N) is 5. The number of rotatable bonds is 6. The van der Waals surface area contributed by atoms with E-state index in [1.165, 1.54) is 31.2 Å². The van der Waals surface area contributed by atoms with E-state index in [-0.39, 0.29) is 0 Å². The summed E-state index contributed by atoms with van der Waals surface area (Å²) in [6.07, 6.45) is 6.19. The number of likely N-dealkylation sites (tertiary alicyclic amines) is 1. The van der Waals surface area contributed by atoms with Crippen molar-refractivity contribution in [3.05, 3.63) is 47.5 Å². The molecule has 7 heteroatoms. The van der Waals surface area contributed by atoms with Crippen LogP contribution in [0, 0.1) is 6.92 Å². The molecule has 1 saturated heterocycles. The number of benzene rings is 1. The van der Waals surface area contributed by atoms with Crippen LogP contribution in [0.5, 0.6) is 0 Å². The second-order valence-corrected chi connectivity index (χ2v) is 8.85. The van der Waals surface area contributed by atoms with Crippen molar-refractivity contribution < 1.29 is 0 Å². The van der Waals surface area contributed by atoms with Crippen LogP contribution in [0.4, 0.5) is 0 Å². The van der Waals surface area contributed by atoms with Crippen LogP contribution in [-0.2, 0) is 20.1 Å². The van der Waals surface area contributed by atoms with Crippen molar-refractivity contribution in [3.8, 4) is 0 Å². The van der Waals surface area contributed by atoms with Crippen molar-refractivity contribution in [3.63, 3.8) is 0 Å². The Morgan fingerprint density at radius 2 is 1.83 bits per heavy atom. The van der Waals surface area contributed by atoms with Crippen molar-refractivity contribution in [2.75, 3.05) is 6.54 Å². The highest BCUT2D eigenvalue weighted by molar-refractivity contribution is 5.80. The highest BCUT2D eigenvalue weighted by Gasteiger charge is 2.30. The average Bonchev–Trinajstić information content (AvgIpc) is 3.45. The van der Waals surface area contributed by atoms with Gasteiger partial charge in [0.25, 0.3) is 0 Å². The summed E-state index contributed by atoms with van der Waals surface area (Å²) in [5, 5.41) is 15.8. The molecule has 0 amide bonds. The Morgan fingerprint density at radius 1 is 1.10 bits per heavy atom. The number of guanidine groups is 1. The fourth-order valence-electron chi connectivity index (χ4n) is 4.57. The number of nitrogens with one attached hydrogen (secondary N) is 2. The van der Waals surface area contributed by atoms with Crippen LogP contribution in [0.2, 0.25) is 0 Å². The molecule has 2 aliphatic rings. The average molecular weight is 410 g/mol. The molecular weight excluding hydrogens is 374 g/mol. The Bertz CT molecular complexity index is 838. The van der Waals surface area contributed by atoms with Crippen LogP contribution in [0.15, 0.2) is 35.3 Å². The van der Waals surface area contributed by atoms with E-state index in [0.717, 1.165) is 37.1 Å². The van der Waals surface area contributed by atoms with Gasteiger partial charge in [0.05, 0.1) is 0 Å². The summed E-state index contributed by atoms with van der Waals surface area (Å²) in [6.45, 7) is 6.87. The molecule has 162 valence electrons. The first-order valence-electron chi connectivity index (χ1n) is 11.3. The number of aromatic nitrogens is 3. The topological polar surface area (TPSA) is 70.4 Å². The molecule has 1 aliphatic heterocycles. The number of hydrogen-bond acceptors (Lipinski definition) is 4. The summed E-state index contributed by atoms with van der Waals surface area (Å²) in [4.78, 5) is 7.44. The fraction of sp³-hybridized carbons (Fsp3) is 0.609. The summed E-state index contributed by atoms with van der Waals surface area (Å²) < 4.78 is 2.01. The predicted molar refractivity (Wildman–Crippen MR) is 120 cm³/mol. The standard InChI is InChI=1S/C23H35N7/c1-17-13-21(16-30(17)15-19-9-5-4-6-10-19)26-23(25-20-11-7-8-12-20)24-14-22-28-27-18(2)29(22)3/h4-6,9-10,17,20-21H,7-8,11-16H2,1-3H3,(H2,24,25,26). The van der Waals surface area contributed by atoms with E-state index in [0.29, 0.717) is 24.7 Å². The molecule has 0 bridgehead atoms. The predicted octanol–water partition coefficient (Wildman–Crippen LogP) is 2.76. The van der Waals surface area contributed by atoms with E-state index in [1.54, 1.807) is 0 Å². The Balaban J connectivity index is 1.40. The van der Waals surface area contributed by atoms with E-state index in [4.69, 9.17) is 4.99 Å². The molecule has 4 rings (SSSR count). The first kappa shape index (κ1) is 20.8. The van der Waals surface area contributed by atoms with Gasteiger partial charge in [-0.2, -0.15) is 0 Å². The lowest BCUT2D eigenvalue weighted by atomic mass is 10.2. The molecule has 0 spiro atoms. The second-order valence-electron chi connectivity index (χ2n) is 8.85. The van der Waals surface area contributed by atoms with Crippen molar-refractivity contribution in [1.29, 1.82) is 0 Å². The Hall–Kier alpha value is -2.41. The zero-order valence-electron chi connectivity index (χ0n) is 18.5. The molecule has 1 saturated carbocycles. The zero-order chi connectivity index (χ0) is 20.9. The van der Waals surface area contributed by atoms with Crippen LogP contribution < -0.4 is 10.6 Å². The van der Waals surface area contributed by atoms with Gasteiger partial charge >= 0.3 is 0 Å². The summed E-state index contributed by atoms with van der Waals surface area (Å²) in [6, 6.07) is 12.2. The SMILES string of the molecule is Cc1nnc(CN=C(NC2CCCC2)NC2CC(C)N(Cc3ccccc3)C2)n1C. The minimum absolute atomic E-state index is 0.401. The number of aryl methyl sites for hydroxylation is 1. The molecule has 2 atom stereocenters. The normalized spacial score (nSPS) is 23.2. The molecule has 2 fully saturated rings. The summed E-state index contributed by atoms with van der Waals surface area (Å²) in [7, 11) is 2.00. The third-order valence-electron chi connectivity index (χ3n) is 6.53. The highest BCUT2D eigenvalue weighted by Crippen LogP contribution is 2.21. The molecular formula is C23H35N7. The van der Waals surface area contributed by atoms with Gasteiger partial charge in [-0.25, -0.2) is 4.99 Å². The second kappa shape index (κ2) is 9.60. The summed E-state index contributed by atoms with van der Waals surface area (Å²) in [5.41, 5.74) is 1.38. The third-order valence-corrected chi connectivity index (χ3v) is 6.53. The number of hydrogen-bond donors (Lipinski definition) is 2. The van der Waals surface area contributed by atoms with Crippen LogP contribution in [0.25, 0.3) is 0 Å². The molecule has 1 aromatic heterocycles. The smallest absolute Gasteiger partial charge is 0.192 e. The van der Waals surface area contributed by atoms with E-state index in [2.05, 4.69) is 63.0 Å². The van der Waals surface area contributed by atoms with Gasteiger partial charge in [-0.1, -0.05) is 43.2 Å². The van der Waals surface area contributed by atoms with Crippen molar-refractivity contribution in [2.24, 2.45) is 12.0 Å². The van der Waals surface area contributed by atoms with Gasteiger partial charge in [-0.05, 0) is 38.7 Å². The monoisotopic (exact) mass is 409 g/mol. The molecule has 30 heavy (non-hydrogen) atoms. The zero-order valence-corrected chi connectivity index (χ0v) is 18.5. The quantitative estimate of drug-likeness (QED) is 0.567. The van der Waals surface area contributed by atoms with Crippen molar-refractivity contribution in [2.45, 2.75) is 77.2 Å². The van der Waals surface area contributed by atoms with Gasteiger partial charge in [-0.15, -0.1) is 10.2 Å². The number of aliphatic imine (C=N–C) groups is 1. The van der Waals surface area contributed by atoms with Crippen LogP contribution in [-0.4, -0.2) is 50.3 Å². The summed E-state index contributed by atoms with van der Waals surface area (Å²) >= 11 is 0. The lowest BCUT2D eigenvalue weighted by molar-refractivity contribution is 0.258. The first-order chi connectivity index (χ1) is 14.6. The fourth-order valence-corrected chi connectivity index (χ4v) is 4.57. The maximum Gasteiger partial charge on any atom is 0.192 e. The summed E-state index contributed by atoms with van der Waals surface area (Å²) in [5.74, 6) is 2.73. The van der Waals surface area contributed by atoms with Gasteiger partial charge in [0.1, 0.15) is 12.4 Å². The minimum Gasteiger partial charge on any atom is -0.354 e. The van der Waals surface area contributed by atoms with Gasteiger partial charge < -0.3 is 15.2 Å². The molecule has 2 unspecified atom stereocenters. The third kappa shape index (κ3) is 5.19. The Morgan fingerprint density at radius 3 is 2.53 bits per heavy atom. The lowest BCUT2D eigenvalue weighted by Crippen LogP contribution is -2.47. The van der Waals surface area contributed by atoms with Gasteiger partial charge in [0.15, 0.2) is 11.8 Å². The van der Waals surface area contributed by atoms with E-state index in [1.807, 2.05) is 18.5 Å². The molecule has 7 nitrogen and oxygen atoms in total. The maximum atomic E-state index is 4.88. The Kier molecular flexibility index (Phi) is 6.67. The first-order valence-corrected chi connectivity index (χ1v) is 11.3. The van der Waals surface area contributed by atoms with Crippen LogP contribution in [0.3, 0.4) is 0 Å². The van der Waals surface area contributed by atoms with Gasteiger partial charge in [0, 0.05) is 38.3 Å². The molecule has 0 radical (unpaired) electrons. The molecule has 2 aromatic rings. The molecule has 1 aromatic carbocycles. The van der Waals surface area contributed by atoms with E-state index >= 15 is 0 Å². The molecule has 2 heterocycles. The minimum atomic E-state index is 0.401. The Labute approximate surface area is 180 Å². The highest BCUT2D eigenvalue weighted by atomic mass is 15.3. The lowest BCUT2D eigenvalue weighted by Gasteiger charge is -2.22. The molecule has 1 aliphatic carbocycles. The van der Waals surface area contributed by atoms with Crippen molar-refractivity contribution >= 4 is 5.96 Å². The maximum absolute atomic E-state index is 4.88. The van der Waals surface area contributed by atoms with E-state index < -0.39 is 0 Å². The van der Waals surface area contributed by atoms with E-state index in [9.17, 15) is 0 Å². The van der Waals surface area contributed by atoms with Crippen LogP contribution in [0.1, 0.15) is 56.2 Å².